The Hall–Kier alpha value is -1.60. The van der Waals surface area contributed by atoms with Crippen LogP contribution in [0.15, 0.2) is 22.7 Å². The van der Waals surface area contributed by atoms with E-state index in [1.165, 1.54) is 0 Å². The molecule has 0 spiro atoms. The molecule has 1 aromatic carbocycles. The van der Waals surface area contributed by atoms with E-state index >= 15 is 0 Å². The SMILES string of the molecule is CC(C)(C)OC(=O)NC1CCN(Cc2cc(Br)cc(C(=O)O)c2)CC1. The second kappa shape index (κ2) is 8.19. The number of piperidine rings is 1. The lowest BCUT2D eigenvalue weighted by Crippen LogP contribution is -2.45. The number of carbonyl (C=O) groups excluding carboxylic acids is 1. The molecule has 25 heavy (non-hydrogen) atoms. The van der Waals surface area contributed by atoms with Crippen LogP contribution in [0.4, 0.5) is 4.79 Å². The number of amides is 1. The summed E-state index contributed by atoms with van der Waals surface area (Å²) in [6.45, 7) is 7.92. The van der Waals surface area contributed by atoms with Gasteiger partial charge in [0.1, 0.15) is 5.60 Å². The molecular formula is C18H25BrN2O4. The average molecular weight is 413 g/mol. The second-order valence-electron chi connectivity index (χ2n) is 7.35. The maximum atomic E-state index is 11.8. The van der Waals surface area contributed by atoms with Gasteiger partial charge in [-0.05, 0) is 57.4 Å². The van der Waals surface area contributed by atoms with Crippen molar-refractivity contribution < 1.29 is 19.4 Å². The fourth-order valence-electron chi connectivity index (χ4n) is 2.83. The number of carboxylic acid groups (broad SMARTS) is 1. The third-order valence-electron chi connectivity index (χ3n) is 3.92. The number of nitrogens with one attached hydrogen (secondary N) is 1. The average Bonchev–Trinajstić information content (AvgIpc) is 2.46. The smallest absolute Gasteiger partial charge is 0.407 e. The molecule has 1 heterocycles. The Morgan fingerprint density at radius 3 is 2.48 bits per heavy atom. The van der Waals surface area contributed by atoms with Crippen molar-refractivity contribution in [3.8, 4) is 0 Å². The maximum Gasteiger partial charge on any atom is 0.407 e. The zero-order valence-electron chi connectivity index (χ0n) is 14.8. The molecule has 1 saturated heterocycles. The Bertz CT molecular complexity index is 634. The van der Waals surface area contributed by atoms with Gasteiger partial charge in [0.25, 0.3) is 0 Å². The maximum absolute atomic E-state index is 11.8. The first-order chi connectivity index (χ1) is 11.6. The molecule has 1 aliphatic heterocycles. The van der Waals surface area contributed by atoms with E-state index in [4.69, 9.17) is 9.84 Å². The summed E-state index contributed by atoms with van der Waals surface area (Å²) in [4.78, 5) is 25.3. The third-order valence-corrected chi connectivity index (χ3v) is 4.38. The van der Waals surface area contributed by atoms with Crippen LogP contribution >= 0.6 is 15.9 Å². The van der Waals surface area contributed by atoms with Gasteiger partial charge in [-0.15, -0.1) is 0 Å². The minimum atomic E-state index is -0.928. The van der Waals surface area contributed by atoms with Gasteiger partial charge in [-0.2, -0.15) is 0 Å². The fourth-order valence-corrected chi connectivity index (χ4v) is 3.37. The first kappa shape index (κ1) is 19.7. The second-order valence-corrected chi connectivity index (χ2v) is 8.27. The third kappa shape index (κ3) is 6.66. The summed E-state index contributed by atoms with van der Waals surface area (Å²) in [5, 5.41) is 12.1. The monoisotopic (exact) mass is 412 g/mol. The number of carboxylic acids is 1. The molecule has 0 aliphatic carbocycles. The Balaban J connectivity index is 1.85. The van der Waals surface area contributed by atoms with E-state index < -0.39 is 11.6 Å². The Morgan fingerprint density at radius 1 is 1.28 bits per heavy atom. The van der Waals surface area contributed by atoms with E-state index in [1.54, 1.807) is 12.1 Å². The highest BCUT2D eigenvalue weighted by atomic mass is 79.9. The summed E-state index contributed by atoms with van der Waals surface area (Å²) >= 11 is 3.36. The van der Waals surface area contributed by atoms with Crippen molar-refractivity contribution in [3.05, 3.63) is 33.8 Å². The molecule has 1 aromatic rings. The van der Waals surface area contributed by atoms with Crippen LogP contribution in [0.1, 0.15) is 49.5 Å². The van der Waals surface area contributed by atoms with Gasteiger partial charge < -0.3 is 15.2 Å². The highest BCUT2D eigenvalue weighted by Gasteiger charge is 2.23. The van der Waals surface area contributed by atoms with Gasteiger partial charge in [-0.1, -0.05) is 15.9 Å². The number of ether oxygens (including phenoxy) is 1. The zero-order chi connectivity index (χ0) is 18.6. The van der Waals surface area contributed by atoms with Crippen LogP contribution in [0.2, 0.25) is 0 Å². The number of rotatable bonds is 4. The Morgan fingerprint density at radius 2 is 1.92 bits per heavy atom. The van der Waals surface area contributed by atoms with E-state index in [2.05, 4.69) is 26.1 Å². The van der Waals surface area contributed by atoms with Gasteiger partial charge >= 0.3 is 12.1 Å². The highest BCUT2D eigenvalue weighted by Crippen LogP contribution is 2.20. The summed E-state index contributed by atoms with van der Waals surface area (Å²) in [6, 6.07) is 5.36. The van der Waals surface area contributed by atoms with Crippen LogP contribution in [0, 0.1) is 0 Å². The van der Waals surface area contributed by atoms with Crippen LogP contribution < -0.4 is 5.32 Å². The molecule has 2 N–H and O–H groups in total. The summed E-state index contributed by atoms with van der Waals surface area (Å²) in [6.07, 6.45) is 1.32. The van der Waals surface area contributed by atoms with Crippen molar-refractivity contribution in [3.63, 3.8) is 0 Å². The molecule has 0 aromatic heterocycles. The van der Waals surface area contributed by atoms with Crippen molar-refractivity contribution >= 4 is 28.0 Å². The quantitative estimate of drug-likeness (QED) is 0.788. The number of alkyl carbamates (subject to hydrolysis) is 1. The molecule has 6 nitrogen and oxygen atoms in total. The van der Waals surface area contributed by atoms with Crippen LogP contribution in [0.3, 0.4) is 0 Å². The number of hydrogen-bond acceptors (Lipinski definition) is 4. The van der Waals surface area contributed by atoms with E-state index in [1.807, 2.05) is 26.8 Å². The molecular weight excluding hydrogens is 388 g/mol. The number of benzene rings is 1. The fraction of sp³-hybridized carbons (Fsp3) is 0.556. The minimum absolute atomic E-state index is 0.114. The van der Waals surface area contributed by atoms with Gasteiger partial charge in [-0.3, -0.25) is 4.90 Å². The number of halogens is 1. The molecule has 0 saturated carbocycles. The minimum Gasteiger partial charge on any atom is -0.478 e. The van der Waals surface area contributed by atoms with Gasteiger partial charge in [0.2, 0.25) is 0 Å². The van der Waals surface area contributed by atoms with Gasteiger partial charge in [0, 0.05) is 30.1 Å². The van der Waals surface area contributed by atoms with Crippen molar-refractivity contribution in [2.75, 3.05) is 13.1 Å². The van der Waals surface area contributed by atoms with Crippen molar-refractivity contribution in [2.24, 2.45) is 0 Å². The highest BCUT2D eigenvalue weighted by molar-refractivity contribution is 9.10. The molecule has 138 valence electrons. The van der Waals surface area contributed by atoms with E-state index in [-0.39, 0.29) is 17.7 Å². The van der Waals surface area contributed by atoms with Crippen LogP contribution in [0.5, 0.6) is 0 Å². The standard InChI is InChI=1S/C18H25BrN2O4/c1-18(2,3)25-17(24)20-15-4-6-21(7-5-15)11-12-8-13(16(22)23)10-14(19)9-12/h8-10,15H,4-7,11H2,1-3H3,(H,20,24)(H,22,23). The lowest BCUT2D eigenvalue weighted by Gasteiger charge is -2.33. The summed E-state index contributed by atoms with van der Waals surface area (Å²) < 4.78 is 6.05. The zero-order valence-corrected chi connectivity index (χ0v) is 16.4. The van der Waals surface area contributed by atoms with Gasteiger partial charge in [-0.25, -0.2) is 9.59 Å². The van der Waals surface area contributed by atoms with Crippen molar-refractivity contribution in [2.45, 2.75) is 51.8 Å². The largest absolute Gasteiger partial charge is 0.478 e. The normalized spacial score (nSPS) is 16.5. The number of carbonyl (C=O) groups is 2. The first-order valence-corrected chi connectivity index (χ1v) is 9.16. The molecule has 0 bridgehead atoms. The molecule has 0 radical (unpaired) electrons. The summed E-state index contributed by atoms with van der Waals surface area (Å²) in [5.74, 6) is -0.928. The lowest BCUT2D eigenvalue weighted by atomic mass is 10.0. The molecule has 0 atom stereocenters. The Labute approximate surface area is 156 Å². The first-order valence-electron chi connectivity index (χ1n) is 8.37. The number of hydrogen-bond donors (Lipinski definition) is 2. The van der Waals surface area contributed by atoms with Crippen LogP contribution in [-0.2, 0) is 11.3 Å². The van der Waals surface area contributed by atoms with Gasteiger partial charge in [0.15, 0.2) is 0 Å². The summed E-state index contributed by atoms with van der Waals surface area (Å²) in [5.41, 5.74) is 0.754. The predicted molar refractivity (Wildman–Crippen MR) is 98.8 cm³/mol. The van der Waals surface area contributed by atoms with Gasteiger partial charge in [0.05, 0.1) is 5.56 Å². The van der Waals surface area contributed by atoms with E-state index in [0.717, 1.165) is 36.0 Å². The molecule has 7 heteroatoms. The number of aromatic carboxylic acids is 1. The molecule has 1 aliphatic rings. The molecule has 1 fully saturated rings. The van der Waals surface area contributed by atoms with Crippen molar-refractivity contribution in [1.82, 2.24) is 10.2 Å². The van der Waals surface area contributed by atoms with Crippen molar-refractivity contribution in [1.29, 1.82) is 0 Å². The predicted octanol–water partition coefficient (Wildman–Crippen LogP) is 3.64. The lowest BCUT2D eigenvalue weighted by molar-refractivity contribution is 0.0477. The number of nitrogens with zero attached hydrogens (tertiary/aromatic N) is 1. The van der Waals surface area contributed by atoms with E-state index in [0.29, 0.717) is 6.54 Å². The van der Waals surface area contributed by atoms with Crippen LogP contribution in [-0.4, -0.2) is 46.8 Å². The topological polar surface area (TPSA) is 78.9 Å². The summed E-state index contributed by atoms with van der Waals surface area (Å²) in [7, 11) is 0. The van der Waals surface area contributed by atoms with Crippen LogP contribution in [0.25, 0.3) is 0 Å². The molecule has 1 amide bonds. The molecule has 2 rings (SSSR count). The molecule has 0 unspecified atom stereocenters. The number of likely N-dealkylation sites (tertiary alicyclic amines) is 1. The van der Waals surface area contributed by atoms with E-state index in [9.17, 15) is 9.59 Å². The Kier molecular flexibility index (Phi) is 6.46.